The fraction of sp³-hybridized carbons (Fsp3) is 0.880. The Hall–Kier alpha value is -1.59. The first-order valence-corrected chi connectivity index (χ1v) is 12.7. The molecule has 6 nitrogen and oxygen atoms in total. The van der Waals surface area contributed by atoms with Crippen LogP contribution in [0.25, 0.3) is 0 Å². The van der Waals surface area contributed by atoms with Crippen LogP contribution in [0.4, 0.5) is 0 Å². The number of carbonyl (C=O) groups is 3. The SMILES string of the molecule is CCCCCCCCCCCCCCCC(=O)NC(CCC(=O)OCC)C(=O)OCC. The molecule has 0 heterocycles. The predicted molar refractivity (Wildman–Crippen MR) is 125 cm³/mol. The Morgan fingerprint density at radius 3 is 1.61 bits per heavy atom. The van der Waals surface area contributed by atoms with Gasteiger partial charge in [0.15, 0.2) is 0 Å². The minimum atomic E-state index is -0.793. The van der Waals surface area contributed by atoms with E-state index in [4.69, 9.17) is 9.47 Å². The van der Waals surface area contributed by atoms with Gasteiger partial charge in [-0.05, 0) is 26.7 Å². The normalized spacial score (nSPS) is 11.7. The van der Waals surface area contributed by atoms with Crippen LogP contribution in [0.1, 0.15) is 124 Å². The summed E-state index contributed by atoms with van der Waals surface area (Å²) in [5.74, 6) is -1.03. The van der Waals surface area contributed by atoms with Crippen molar-refractivity contribution in [3.05, 3.63) is 0 Å². The van der Waals surface area contributed by atoms with E-state index in [0.717, 1.165) is 19.3 Å². The van der Waals surface area contributed by atoms with Crippen LogP contribution < -0.4 is 5.32 Å². The molecule has 0 aromatic heterocycles. The highest BCUT2D eigenvalue weighted by molar-refractivity contribution is 5.84. The summed E-state index contributed by atoms with van der Waals surface area (Å²) < 4.78 is 9.90. The summed E-state index contributed by atoms with van der Waals surface area (Å²) >= 11 is 0. The fourth-order valence-electron chi connectivity index (χ4n) is 3.56. The fourth-order valence-corrected chi connectivity index (χ4v) is 3.56. The third-order valence-corrected chi connectivity index (χ3v) is 5.36. The van der Waals surface area contributed by atoms with E-state index in [-0.39, 0.29) is 31.3 Å². The van der Waals surface area contributed by atoms with Crippen LogP contribution in [0.2, 0.25) is 0 Å². The Morgan fingerprint density at radius 1 is 0.645 bits per heavy atom. The van der Waals surface area contributed by atoms with Crippen molar-refractivity contribution < 1.29 is 23.9 Å². The minimum Gasteiger partial charge on any atom is -0.466 e. The highest BCUT2D eigenvalue weighted by Crippen LogP contribution is 2.13. The van der Waals surface area contributed by atoms with Crippen LogP contribution in [0.15, 0.2) is 0 Å². The van der Waals surface area contributed by atoms with Crippen molar-refractivity contribution in [3.63, 3.8) is 0 Å². The number of hydrogen-bond acceptors (Lipinski definition) is 5. The lowest BCUT2D eigenvalue weighted by Crippen LogP contribution is -2.42. The van der Waals surface area contributed by atoms with Gasteiger partial charge in [0.25, 0.3) is 0 Å². The van der Waals surface area contributed by atoms with Crippen LogP contribution in [0.3, 0.4) is 0 Å². The number of carbonyl (C=O) groups excluding carboxylic acids is 3. The summed E-state index contributed by atoms with van der Waals surface area (Å²) in [6.07, 6.45) is 17.0. The lowest BCUT2D eigenvalue weighted by molar-refractivity contribution is -0.148. The molecule has 0 aliphatic heterocycles. The number of unbranched alkanes of at least 4 members (excludes halogenated alkanes) is 12. The van der Waals surface area contributed by atoms with Crippen LogP contribution in [-0.4, -0.2) is 37.1 Å². The first-order chi connectivity index (χ1) is 15.0. The molecule has 0 rings (SSSR count). The molecule has 0 aliphatic carbocycles. The topological polar surface area (TPSA) is 81.7 Å². The highest BCUT2D eigenvalue weighted by atomic mass is 16.5. The summed E-state index contributed by atoms with van der Waals surface area (Å²) in [5, 5.41) is 2.72. The molecule has 0 radical (unpaired) electrons. The first-order valence-electron chi connectivity index (χ1n) is 12.7. The maximum atomic E-state index is 12.2. The molecular formula is C25H47NO5. The Bertz CT molecular complexity index is 467. The molecule has 6 heteroatoms. The number of amides is 1. The first kappa shape index (κ1) is 29.4. The summed E-state index contributed by atoms with van der Waals surface area (Å²) in [5.41, 5.74) is 0. The lowest BCUT2D eigenvalue weighted by atomic mass is 10.0. The smallest absolute Gasteiger partial charge is 0.328 e. The van der Waals surface area contributed by atoms with Gasteiger partial charge in [0, 0.05) is 12.8 Å². The molecule has 31 heavy (non-hydrogen) atoms. The van der Waals surface area contributed by atoms with E-state index in [1.807, 2.05) is 0 Å². The Balaban J connectivity index is 3.82. The summed E-state index contributed by atoms with van der Waals surface area (Å²) in [6, 6.07) is -0.793. The van der Waals surface area contributed by atoms with Crippen molar-refractivity contribution in [1.29, 1.82) is 0 Å². The molecule has 0 spiro atoms. The molecule has 1 N–H and O–H groups in total. The van der Waals surface area contributed by atoms with Crippen molar-refractivity contribution in [2.75, 3.05) is 13.2 Å². The number of nitrogens with one attached hydrogen (secondary N) is 1. The van der Waals surface area contributed by atoms with Gasteiger partial charge in [0.2, 0.25) is 5.91 Å². The molecule has 0 aromatic rings. The van der Waals surface area contributed by atoms with Crippen molar-refractivity contribution in [2.24, 2.45) is 0 Å². The Kier molecular flexibility index (Phi) is 20.5. The highest BCUT2D eigenvalue weighted by Gasteiger charge is 2.23. The van der Waals surface area contributed by atoms with E-state index in [1.54, 1.807) is 13.8 Å². The van der Waals surface area contributed by atoms with E-state index in [1.165, 1.54) is 64.2 Å². The second-order valence-corrected chi connectivity index (χ2v) is 8.21. The van der Waals surface area contributed by atoms with Gasteiger partial charge in [0.05, 0.1) is 13.2 Å². The molecule has 1 amide bonds. The van der Waals surface area contributed by atoms with Gasteiger partial charge in [-0.1, -0.05) is 84.0 Å². The van der Waals surface area contributed by atoms with Gasteiger partial charge in [-0.2, -0.15) is 0 Å². The van der Waals surface area contributed by atoms with E-state index in [9.17, 15) is 14.4 Å². The van der Waals surface area contributed by atoms with Gasteiger partial charge < -0.3 is 14.8 Å². The maximum absolute atomic E-state index is 12.2. The molecule has 0 aliphatic rings. The lowest BCUT2D eigenvalue weighted by Gasteiger charge is -2.17. The van der Waals surface area contributed by atoms with E-state index in [0.29, 0.717) is 13.0 Å². The standard InChI is InChI=1S/C25H47NO5/c1-4-7-8-9-10-11-12-13-14-15-16-17-18-19-23(27)26-22(25(29)31-6-3)20-21-24(28)30-5-2/h22H,4-21H2,1-3H3,(H,26,27). The van der Waals surface area contributed by atoms with Gasteiger partial charge >= 0.3 is 11.9 Å². The van der Waals surface area contributed by atoms with E-state index >= 15 is 0 Å². The Labute approximate surface area is 190 Å². The van der Waals surface area contributed by atoms with Gasteiger partial charge in [0.1, 0.15) is 6.04 Å². The van der Waals surface area contributed by atoms with Gasteiger partial charge in [-0.3, -0.25) is 9.59 Å². The van der Waals surface area contributed by atoms with Crippen molar-refractivity contribution >= 4 is 17.8 Å². The molecule has 0 saturated carbocycles. The minimum absolute atomic E-state index is 0.0797. The molecule has 182 valence electrons. The molecular weight excluding hydrogens is 394 g/mol. The monoisotopic (exact) mass is 441 g/mol. The second kappa shape index (κ2) is 21.6. The largest absolute Gasteiger partial charge is 0.466 e. The zero-order valence-corrected chi connectivity index (χ0v) is 20.3. The van der Waals surface area contributed by atoms with Gasteiger partial charge in [-0.25, -0.2) is 4.79 Å². The quantitative estimate of drug-likeness (QED) is 0.178. The summed E-state index contributed by atoms with van der Waals surface area (Å²) in [4.78, 5) is 35.8. The zero-order valence-electron chi connectivity index (χ0n) is 20.3. The molecule has 1 atom stereocenters. The van der Waals surface area contributed by atoms with E-state index < -0.39 is 12.0 Å². The second-order valence-electron chi connectivity index (χ2n) is 8.21. The summed E-state index contributed by atoms with van der Waals surface area (Å²) in [7, 11) is 0. The number of hydrogen-bond donors (Lipinski definition) is 1. The average Bonchev–Trinajstić information content (AvgIpc) is 2.74. The maximum Gasteiger partial charge on any atom is 0.328 e. The molecule has 0 bridgehead atoms. The molecule has 1 unspecified atom stereocenters. The van der Waals surface area contributed by atoms with E-state index in [2.05, 4.69) is 12.2 Å². The summed E-state index contributed by atoms with van der Waals surface area (Å²) in [6.45, 7) is 6.24. The van der Waals surface area contributed by atoms with Crippen LogP contribution >= 0.6 is 0 Å². The molecule has 0 aromatic carbocycles. The van der Waals surface area contributed by atoms with Crippen LogP contribution in [-0.2, 0) is 23.9 Å². The third-order valence-electron chi connectivity index (χ3n) is 5.36. The van der Waals surface area contributed by atoms with Crippen molar-refractivity contribution in [1.82, 2.24) is 5.32 Å². The van der Waals surface area contributed by atoms with Crippen LogP contribution in [0.5, 0.6) is 0 Å². The number of esters is 2. The van der Waals surface area contributed by atoms with Crippen molar-refractivity contribution in [2.45, 2.75) is 130 Å². The molecule has 0 fully saturated rings. The zero-order chi connectivity index (χ0) is 23.2. The molecule has 0 saturated heterocycles. The number of ether oxygens (including phenoxy) is 2. The average molecular weight is 442 g/mol. The van der Waals surface area contributed by atoms with Crippen LogP contribution in [0, 0.1) is 0 Å². The van der Waals surface area contributed by atoms with Gasteiger partial charge in [-0.15, -0.1) is 0 Å². The van der Waals surface area contributed by atoms with Crippen molar-refractivity contribution in [3.8, 4) is 0 Å². The predicted octanol–water partition coefficient (Wildman–Crippen LogP) is 5.86. The number of rotatable bonds is 21. The third kappa shape index (κ3) is 18.9. The Morgan fingerprint density at radius 2 is 1.13 bits per heavy atom.